The minimum absolute atomic E-state index is 0.00216. The van der Waals surface area contributed by atoms with E-state index in [9.17, 15) is 40.2 Å². The first kappa shape index (κ1) is 34.0. The van der Waals surface area contributed by atoms with Gasteiger partial charge in [-0.05, 0) is 84.6 Å². The van der Waals surface area contributed by atoms with Gasteiger partial charge in [-0.3, -0.25) is 9.59 Å². The molecule has 0 spiro atoms. The summed E-state index contributed by atoms with van der Waals surface area (Å²) < 4.78 is 0. The van der Waals surface area contributed by atoms with Gasteiger partial charge >= 0.3 is 0 Å². The Kier molecular flexibility index (Phi) is 9.00. The number of aromatic hydroxyl groups is 6. The van der Waals surface area contributed by atoms with E-state index in [4.69, 9.17) is 23.2 Å². The standard InChI is InChI=1S/C38H30Cl2N2O8/c1-17-9-23-25(13-27(43)35(47)31(23)37(49)41-15-19-5-3-7-21(39)11-19)33(45)29(17)30-18(2)10-24-26(34(30)46)14-28(44)36(48)32(24)38(50)42-16-20-6-4-8-22(40)12-20/h3-14,43-48H,15-16H2,1-2H3,(H,41,49)(H,42,50). The Morgan fingerprint density at radius 2 is 0.920 bits per heavy atom. The van der Waals surface area contributed by atoms with Crippen molar-refractivity contribution in [3.8, 4) is 45.6 Å². The highest BCUT2D eigenvalue weighted by molar-refractivity contribution is 6.31. The van der Waals surface area contributed by atoms with Gasteiger partial charge in [0.25, 0.3) is 11.8 Å². The van der Waals surface area contributed by atoms with Crippen molar-refractivity contribution < 1.29 is 40.2 Å². The molecule has 6 aromatic carbocycles. The molecule has 10 nitrogen and oxygen atoms in total. The molecule has 0 aliphatic heterocycles. The smallest absolute Gasteiger partial charge is 0.256 e. The SMILES string of the molecule is Cc1cc2c(C(=O)NCc3cccc(Cl)c3)c(O)c(O)cc2c(O)c1-c1c(C)cc2c(C(=O)NCc3cccc(Cl)c3)c(O)c(O)cc2c1O. The first-order chi connectivity index (χ1) is 23.8. The molecule has 0 fully saturated rings. The molecule has 8 N–H and O–H groups in total. The number of nitrogens with one attached hydrogen (secondary N) is 2. The maximum Gasteiger partial charge on any atom is 0.256 e. The summed E-state index contributed by atoms with van der Waals surface area (Å²) in [5.41, 5.74) is 1.85. The van der Waals surface area contributed by atoms with Crippen molar-refractivity contribution in [3.05, 3.63) is 116 Å². The third kappa shape index (κ3) is 6.11. The van der Waals surface area contributed by atoms with Crippen LogP contribution in [-0.4, -0.2) is 42.5 Å². The summed E-state index contributed by atoms with van der Waals surface area (Å²) in [4.78, 5) is 26.8. The molecule has 6 aromatic rings. The van der Waals surface area contributed by atoms with Gasteiger partial charge in [0.2, 0.25) is 0 Å². The lowest BCUT2D eigenvalue weighted by molar-refractivity contribution is 0.0941. The second-order valence-electron chi connectivity index (χ2n) is 11.9. The molecule has 6 rings (SSSR count). The largest absolute Gasteiger partial charge is 0.507 e. The monoisotopic (exact) mass is 712 g/mol. The molecule has 254 valence electrons. The van der Waals surface area contributed by atoms with Gasteiger partial charge in [0.05, 0.1) is 11.1 Å². The van der Waals surface area contributed by atoms with E-state index in [1.165, 1.54) is 12.1 Å². The molecule has 0 radical (unpaired) electrons. The fraction of sp³-hybridized carbons (Fsp3) is 0.105. The van der Waals surface area contributed by atoms with E-state index >= 15 is 0 Å². The average Bonchev–Trinajstić information content (AvgIpc) is 3.06. The van der Waals surface area contributed by atoms with Crippen LogP contribution in [0.2, 0.25) is 10.0 Å². The van der Waals surface area contributed by atoms with E-state index in [0.29, 0.717) is 32.3 Å². The molecule has 0 unspecified atom stereocenters. The normalized spacial score (nSPS) is 11.2. The number of amides is 2. The number of carbonyl (C=O) groups excluding carboxylic acids is 2. The molecule has 0 aromatic heterocycles. The van der Waals surface area contributed by atoms with Crippen molar-refractivity contribution in [1.82, 2.24) is 10.6 Å². The van der Waals surface area contributed by atoms with Gasteiger partial charge in [0.1, 0.15) is 11.5 Å². The number of hydrogen-bond acceptors (Lipinski definition) is 8. The number of aryl methyl sites for hydroxylation is 2. The van der Waals surface area contributed by atoms with Crippen molar-refractivity contribution in [1.29, 1.82) is 0 Å². The van der Waals surface area contributed by atoms with E-state index in [-0.39, 0.29) is 56.9 Å². The second kappa shape index (κ2) is 13.2. The van der Waals surface area contributed by atoms with Crippen molar-refractivity contribution in [2.75, 3.05) is 0 Å². The van der Waals surface area contributed by atoms with Crippen LogP contribution in [-0.2, 0) is 13.1 Å². The van der Waals surface area contributed by atoms with Crippen LogP contribution in [0.5, 0.6) is 34.5 Å². The minimum atomic E-state index is -0.726. The van der Waals surface area contributed by atoms with E-state index in [2.05, 4.69) is 10.6 Å². The summed E-state index contributed by atoms with van der Waals surface area (Å²) in [6.07, 6.45) is 0. The molecule has 0 aliphatic carbocycles. The first-order valence-corrected chi connectivity index (χ1v) is 16.0. The first-order valence-electron chi connectivity index (χ1n) is 15.2. The number of carbonyl (C=O) groups is 2. The van der Waals surface area contributed by atoms with Crippen LogP contribution in [0.15, 0.2) is 72.8 Å². The second-order valence-corrected chi connectivity index (χ2v) is 12.8. The zero-order valence-electron chi connectivity index (χ0n) is 26.6. The number of phenolic OH excluding ortho intramolecular Hbond substituents is 6. The summed E-state index contributed by atoms with van der Waals surface area (Å²) >= 11 is 12.1. The molecular weight excluding hydrogens is 683 g/mol. The maximum atomic E-state index is 13.4. The zero-order valence-corrected chi connectivity index (χ0v) is 28.1. The summed E-state index contributed by atoms with van der Waals surface area (Å²) in [5.74, 6) is -4.98. The average molecular weight is 714 g/mol. The van der Waals surface area contributed by atoms with Crippen LogP contribution >= 0.6 is 23.2 Å². The highest BCUT2D eigenvalue weighted by Crippen LogP contribution is 2.50. The molecular formula is C38H30Cl2N2O8. The molecule has 0 atom stereocenters. The number of halogens is 2. The molecule has 0 aliphatic rings. The topological polar surface area (TPSA) is 180 Å². The summed E-state index contributed by atoms with van der Waals surface area (Å²) in [6.45, 7) is 3.37. The number of fused-ring (bicyclic) bond motifs is 2. The molecule has 2 amide bonds. The summed E-state index contributed by atoms with van der Waals surface area (Å²) in [7, 11) is 0. The molecule has 12 heteroatoms. The Balaban J connectivity index is 1.45. The summed E-state index contributed by atoms with van der Waals surface area (Å²) in [5, 5.41) is 72.8. The Morgan fingerprint density at radius 1 is 0.540 bits per heavy atom. The Hall–Kier alpha value is -5.84. The van der Waals surface area contributed by atoms with Gasteiger partial charge in [-0.1, -0.05) is 47.5 Å². The lowest BCUT2D eigenvalue weighted by Gasteiger charge is -2.20. The van der Waals surface area contributed by atoms with Gasteiger partial charge in [-0.15, -0.1) is 0 Å². The van der Waals surface area contributed by atoms with Gasteiger partial charge in [-0.2, -0.15) is 0 Å². The molecule has 0 heterocycles. The van der Waals surface area contributed by atoms with Crippen molar-refractivity contribution in [2.45, 2.75) is 26.9 Å². The van der Waals surface area contributed by atoms with Crippen LogP contribution < -0.4 is 10.6 Å². The van der Waals surface area contributed by atoms with Gasteiger partial charge in [0.15, 0.2) is 23.0 Å². The molecule has 0 saturated heterocycles. The summed E-state index contributed by atoms with van der Waals surface area (Å²) in [6, 6.07) is 18.9. The van der Waals surface area contributed by atoms with Gasteiger partial charge in [0, 0.05) is 55.8 Å². The van der Waals surface area contributed by atoms with Crippen LogP contribution in [0.1, 0.15) is 43.0 Å². The van der Waals surface area contributed by atoms with Crippen molar-refractivity contribution in [3.63, 3.8) is 0 Å². The van der Waals surface area contributed by atoms with E-state index in [1.54, 1.807) is 62.4 Å². The van der Waals surface area contributed by atoms with E-state index < -0.39 is 46.3 Å². The lowest BCUT2D eigenvalue weighted by atomic mass is 9.87. The molecule has 50 heavy (non-hydrogen) atoms. The van der Waals surface area contributed by atoms with Crippen LogP contribution in [0.3, 0.4) is 0 Å². The third-order valence-electron chi connectivity index (χ3n) is 8.52. The number of rotatable bonds is 7. The predicted octanol–water partition coefficient (Wildman–Crippen LogP) is 7.68. The highest BCUT2D eigenvalue weighted by atomic mass is 35.5. The highest BCUT2D eigenvalue weighted by Gasteiger charge is 2.28. The fourth-order valence-electron chi connectivity index (χ4n) is 6.18. The quantitative estimate of drug-likeness (QED) is 0.0776. The predicted molar refractivity (Wildman–Crippen MR) is 192 cm³/mol. The fourth-order valence-corrected chi connectivity index (χ4v) is 6.61. The molecule has 0 bridgehead atoms. The Bertz CT molecular complexity index is 2230. The van der Waals surface area contributed by atoms with Gasteiger partial charge < -0.3 is 41.3 Å². The van der Waals surface area contributed by atoms with Crippen LogP contribution in [0, 0.1) is 13.8 Å². The number of benzene rings is 6. The Morgan fingerprint density at radius 3 is 1.28 bits per heavy atom. The maximum absolute atomic E-state index is 13.4. The zero-order chi connectivity index (χ0) is 36.0. The number of phenols is 6. The van der Waals surface area contributed by atoms with Crippen molar-refractivity contribution >= 4 is 56.6 Å². The minimum Gasteiger partial charge on any atom is -0.507 e. The number of hydrogen-bond donors (Lipinski definition) is 8. The third-order valence-corrected chi connectivity index (χ3v) is 8.99. The van der Waals surface area contributed by atoms with E-state index in [0.717, 1.165) is 12.1 Å². The van der Waals surface area contributed by atoms with Crippen molar-refractivity contribution in [2.24, 2.45) is 0 Å². The molecule has 0 saturated carbocycles. The van der Waals surface area contributed by atoms with E-state index in [1.807, 2.05) is 0 Å². The van der Waals surface area contributed by atoms with Crippen LogP contribution in [0.25, 0.3) is 32.7 Å². The Labute approximate surface area is 295 Å². The van der Waals surface area contributed by atoms with Gasteiger partial charge in [-0.25, -0.2) is 0 Å². The lowest BCUT2D eigenvalue weighted by Crippen LogP contribution is -2.23. The van der Waals surface area contributed by atoms with Crippen LogP contribution in [0.4, 0.5) is 0 Å².